The summed E-state index contributed by atoms with van der Waals surface area (Å²) in [7, 11) is 0. The van der Waals surface area contributed by atoms with Crippen LogP contribution in [0.5, 0.6) is 0 Å². The van der Waals surface area contributed by atoms with Crippen LogP contribution in [0.4, 0.5) is 16.3 Å². The molecule has 0 unspecified atom stereocenters. The summed E-state index contributed by atoms with van der Waals surface area (Å²) in [6.45, 7) is 5.62. The summed E-state index contributed by atoms with van der Waals surface area (Å²) in [5, 5.41) is 16.6. The summed E-state index contributed by atoms with van der Waals surface area (Å²) in [4.78, 5) is 26.0. The standard InChI is InChI=1S/C14H20N4O4/c1-14(2,3)17-13(19)22-10-7-9(8-10)16-12-11(18(20)21)5-4-6-15-12/h4-6,9-10H,7-8H2,1-3H3,(H,15,16)(H,17,19). The Morgan fingerprint density at radius 1 is 1.45 bits per heavy atom. The van der Waals surface area contributed by atoms with Crippen LogP contribution in [0.3, 0.4) is 0 Å². The fraction of sp³-hybridized carbons (Fsp3) is 0.571. The molecule has 1 aromatic heterocycles. The van der Waals surface area contributed by atoms with Gasteiger partial charge >= 0.3 is 11.8 Å². The molecular weight excluding hydrogens is 288 g/mol. The van der Waals surface area contributed by atoms with E-state index in [4.69, 9.17) is 4.74 Å². The van der Waals surface area contributed by atoms with E-state index in [0.29, 0.717) is 12.8 Å². The number of amides is 1. The van der Waals surface area contributed by atoms with Crippen molar-refractivity contribution in [2.75, 3.05) is 5.32 Å². The first-order chi connectivity index (χ1) is 10.2. The second kappa shape index (κ2) is 6.17. The van der Waals surface area contributed by atoms with Gasteiger partial charge in [0.1, 0.15) is 6.10 Å². The van der Waals surface area contributed by atoms with Gasteiger partial charge in [0, 0.05) is 36.7 Å². The van der Waals surface area contributed by atoms with Crippen molar-refractivity contribution in [1.29, 1.82) is 0 Å². The van der Waals surface area contributed by atoms with Crippen molar-refractivity contribution in [3.05, 3.63) is 28.4 Å². The van der Waals surface area contributed by atoms with Gasteiger partial charge < -0.3 is 15.4 Å². The summed E-state index contributed by atoms with van der Waals surface area (Å²) >= 11 is 0. The van der Waals surface area contributed by atoms with E-state index in [-0.39, 0.29) is 29.2 Å². The zero-order chi connectivity index (χ0) is 16.3. The Labute approximate surface area is 128 Å². The number of alkyl carbamates (subject to hydrolysis) is 1. The number of anilines is 1. The molecule has 0 radical (unpaired) electrons. The molecule has 2 N–H and O–H groups in total. The van der Waals surface area contributed by atoms with E-state index < -0.39 is 11.0 Å². The minimum absolute atomic E-state index is 0.0148. The minimum Gasteiger partial charge on any atom is -0.446 e. The smallest absolute Gasteiger partial charge is 0.407 e. The molecule has 0 saturated heterocycles. The maximum Gasteiger partial charge on any atom is 0.407 e. The predicted molar refractivity (Wildman–Crippen MR) is 80.7 cm³/mol. The van der Waals surface area contributed by atoms with Crippen LogP contribution in [-0.4, -0.2) is 33.7 Å². The van der Waals surface area contributed by atoms with Gasteiger partial charge in [0.15, 0.2) is 0 Å². The fourth-order valence-electron chi connectivity index (χ4n) is 2.12. The monoisotopic (exact) mass is 308 g/mol. The number of nitro groups is 1. The zero-order valence-corrected chi connectivity index (χ0v) is 12.8. The summed E-state index contributed by atoms with van der Waals surface area (Å²) in [5.74, 6) is 0.245. The maximum atomic E-state index is 11.6. The van der Waals surface area contributed by atoms with Crippen LogP contribution >= 0.6 is 0 Å². The summed E-state index contributed by atoms with van der Waals surface area (Å²) < 4.78 is 5.26. The lowest BCUT2D eigenvalue weighted by atomic mass is 9.89. The first-order valence-electron chi connectivity index (χ1n) is 7.09. The summed E-state index contributed by atoms with van der Waals surface area (Å²) in [6.07, 6.45) is 2.08. The first kappa shape index (κ1) is 16.0. The highest BCUT2D eigenvalue weighted by molar-refractivity contribution is 5.68. The highest BCUT2D eigenvalue weighted by Crippen LogP contribution is 2.29. The Morgan fingerprint density at radius 3 is 2.73 bits per heavy atom. The Kier molecular flexibility index (Phi) is 4.48. The molecule has 0 aliphatic heterocycles. The lowest BCUT2D eigenvalue weighted by Crippen LogP contribution is -2.47. The van der Waals surface area contributed by atoms with Crippen molar-refractivity contribution in [3.63, 3.8) is 0 Å². The van der Waals surface area contributed by atoms with Gasteiger partial charge in [-0.2, -0.15) is 0 Å². The van der Waals surface area contributed by atoms with E-state index in [9.17, 15) is 14.9 Å². The largest absolute Gasteiger partial charge is 0.446 e. The number of hydrogen-bond acceptors (Lipinski definition) is 6. The van der Waals surface area contributed by atoms with Gasteiger partial charge in [0.05, 0.1) is 4.92 Å². The molecule has 1 aliphatic rings. The number of aromatic nitrogens is 1. The van der Waals surface area contributed by atoms with E-state index in [2.05, 4.69) is 15.6 Å². The quantitative estimate of drug-likeness (QED) is 0.653. The van der Waals surface area contributed by atoms with Crippen LogP contribution in [0, 0.1) is 10.1 Å². The van der Waals surface area contributed by atoms with Gasteiger partial charge in [-0.3, -0.25) is 10.1 Å². The number of nitrogens with zero attached hydrogens (tertiary/aromatic N) is 2. The summed E-state index contributed by atoms with van der Waals surface area (Å²) in [6, 6.07) is 2.94. The molecule has 1 aliphatic carbocycles. The molecule has 120 valence electrons. The molecule has 8 heteroatoms. The van der Waals surface area contributed by atoms with Crippen LogP contribution in [0.1, 0.15) is 33.6 Å². The van der Waals surface area contributed by atoms with Gasteiger partial charge in [-0.15, -0.1) is 0 Å². The normalized spacial score (nSPS) is 20.7. The Hall–Kier alpha value is -2.38. The molecule has 2 rings (SSSR count). The SMILES string of the molecule is CC(C)(C)NC(=O)OC1CC(Nc2ncccc2[N+](=O)[O-])C1. The van der Waals surface area contributed by atoms with Crippen molar-refractivity contribution >= 4 is 17.6 Å². The van der Waals surface area contributed by atoms with Crippen molar-refractivity contribution in [3.8, 4) is 0 Å². The number of rotatable bonds is 4. The Morgan fingerprint density at radius 2 is 2.14 bits per heavy atom. The van der Waals surface area contributed by atoms with Crippen LogP contribution < -0.4 is 10.6 Å². The van der Waals surface area contributed by atoms with Gasteiger partial charge in [-0.25, -0.2) is 9.78 Å². The van der Waals surface area contributed by atoms with Gasteiger partial charge in [-0.05, 0) is 26.8 Å². The molecule has 0 spiro atoms. The average molecular weight is 308 g/mol. The fourth-order valence-corrected chi connectivity index (χ4v) is 2.12. The van der Waals surface area contributed by atoms with Crippen molar-refractivity contribution in [2.45, 2.75) is 51.3 Å². The predicted octanol–water partition coefficient (Wildman–Crippen LogP) is 2.46. The summed E-state index contributed by atoms with van der Waals surface area (Å²) in [5.41, 5.74) is -0.398. The third kappa shape index (κ3) is 4.31. The lowest BCUT2D eigenvalue weighted by Gasteiger charge is -2.35. The molecular formula is C14H20N4O4. The van der Waals surface area contributed by atoms with E-state index in [1.165, 1.54) is 18.3 Å². The van der Waals surface area contributed by atoms with Crippen molar-refractivity contribution in [1.82, 2.24) is 10.3 Å². The van der Waals surface area contributed by atoms with Crippen molar-refractivity contribution < 1.29 is 14.5 Å². The second-order valence-corrected chi connectivity index (χ2v) is 6.34. The highest BCUT2D eigenvalue weighted by atomic mass is 16.6. The Bertz CT molecular complexity index is 564. The van der Waals surface area contributed by atoms with Gasteiger partial charge in [0.2, 0.25) is 5.82 Å². The second-order valence-electron chi connectivity index (χ2n) is 6.34. The minimum atomic E-state index is -0.473. The van der Waals surface area contributed by atoms with Gasteiger partial charge in [0.25, 0.3) is 0 Å². The average Bonchev–Trinajstić information content (AvgIpc) is 2.34. The topological polar surface area (TPSA) is 106 Å². The van der Waals surface area contributed by atoms with Crippen LogP contribution in [0.2, 0.25) is 0 Å². The highest BCUT2D eigenvalue weighted by Gasteiger charge is 2.34. The lowest BCUT2D eigenvalue weighted by molar-refractivity contribution is -0.384. The number of hydrogen-bond donors (Lipinski definition) is 2. The molecule has 1 heterocycles. The molecule has 0 bridgehead atoms. The molecule has 1 aromatic rings. The van der Waals surface area contributed by atoms with Crippen LogP contribution in [0.25, 0.3) is 0 Å². The van der Waals surface area contributed by atoms with Crippen molar-refractivity contribution in [2.24, 2.45) is 0 Å². The molecule has 0 atom stereocenters. The molecule has 1 saturated carbocycles. The van der Waals surface area contributed by atoms with E-state index in [1.807, 2.05) is 20.8 Å². The number of carbonyl (C=O) groups is 1. The van der Waals surface area contributed by atoms with Gasteiger partial charge in [-0.1, -0.05) is 0 Å². The third-order valence-corrected chi connectivity index (χ3v) is 3.17. The number of ether oxygens (including phenoxy) is 1. The molecule has 1 amide bonds. The third-order valence-electron chi connectivity index (χ3n) is 3.17. The van der Waals surface area contributed by atoms with E-state index in [1.54, 1.807) is 0 Å². The Balaban J connectivity index is 1.81. The molecule has 8 nitrogen and oxygen atoms in total. The first-order valence-corrected chi connectivity index (χ1v) is 7.09. The number of pyridine rings is 1. The molecule has 22 heavy (non-hydrogen) atoms. The van der Waals surface area contributed by atoms with E-state index >= 15 is 0 Å². The van der Waals surface area contributed by atoms with Crippen LogP contribution in [0.15, 0.2) is 18.3 Å². The maximum absolute atomic E-state index is 11.6. The zero-order valence-electron chi connectivity index (χ0n) is 12.8. The number of nitrogens with one attached hydrogen (secondary N) is 2. The van der Waals surface area contributed by atoms with Crippen LogP contribution in [-0.2, 0) is 4.74 Å². The molecule has 0 aromatic carbocycles. The molecule has 1 fully saturated rings. The van der Waals surface area contributed by atoms with E-state index in [0.717, 1.165) is 0 Å². The number of carbonyl (C=O) groups excluding carboxylic acids is 1.